The van der Waals surface area contributed by atoms with Crippen LogP contribution in [0.4, 0.5) is 5.69 Å². The van der Waals surface area contributed by atoms with E-state index in [1.54, 1.807) is 24.3 Å². The summed E-state index contributed by atoms with van der Waals surface area (Å²) in [6.07, 6.45) is 0.987. The number of sulfone groups is 1. The number of benzene rings is 1. The monoisotopic (exact) mass is 348 g/mol. The molecule has 0 radical (unpaired) electrons. The van der Waals surface area contributed by atoms with Crippen molar-refractivity contribution in [2.75, 3.05) is 24.7 Å². The van der Waals surface area contributed by atoms with Gasteiger partial charge in [-0.3, -0.25) is 4.79 Å². The van der Waals surface area contributed by atoms with E-state index in [1.165, 1.54) is 6.26 Å². The second-order valence-corrected chi connectivity index (χ2v) is 7.41. The highest BCUT2D eigenvalue weighted by Gasteiger charge is 2.28. The van der Waals surface area contributed by atoms with Crippen LogP contribution in [-0.4, -0.2) is 45.9 Å². The van der Waals surface area contributed by atoms with Crippen LogP contribution in [-0.2, 0) is 25.1 Å². The molecule has 0 bridgehead atoms. The van der Waals surface area contributed by atoms with Crippen LogP contribution in [0.5, 0.6) is 0 Å². The van der Waals surface area contributed by atoms with Gasteiger partial charge in [0.2, 0.25) is 5.91 Å². The van der Waals surface area contributed by atoms with E-state index in [2.05, 4.69) is 10.6 Å². The SMILES string of the molecule is C[C@H]1OCCN[C@@H]1C(=O)Nc1cccc(CS(C)(=O)=O)c1.Cl. The van der Waals surface area contributed by atoms with Gasteiger partial charge in [-0.25, -0.2) is 8.42 Å². The Bertz CT molecular complexity index is 621. The minimum atomic E-state index is -3.10. The van der Waals surface area contributed by atoms with Crippen molar-refractivity contribution in [1.29, 1.82) is 0 Å². The van der Waals surface area contributed by atoms with Crippen molar-refractivity contribution in [3.63, 3.8) is 0 Å². The molecule has 0 unspecified atom stereocenters. The third kappa shape index (κ3) is 5.57. The molecule has 22 heavy (non-hydrogen) atoms. The molecular weight excluding hydrogens is 328 g/mol. The van der Waals surface area contributed by atoms with Crippen molar-refractivity contribution >= 4 is 33.8 Å². The molecule has 1 saturated heterocycles. The number of ether oxygens (including phenoxy) is 1. The molecule has 8 heteroatoms. The molecule has 6 nitrogen and oxygen atoms in total. The number of hydrogen-bond acceptors (Lipinski definition) is 5. The smallest absolute Gasteiger partial charge is 0.244 e. The number of rotatable bonds is 4. The maximum atomic E-state index is 12.2. The van der Waals surface area contributed by atoms with Crippen molar-refractivity contribution < 1.29 is 17.9 Å². The summed E-state index contributed by atoms with van der Waals surface area (Å²) in [5, 5.41) is 5.90. The van der Waals surface area contributed by atoms with Crippen LogP contribution in [0.3, 0.4) is 0 Å². The molecular formula is C14H21ClN2O4S. The lowest BCUT2D eigenvalue weighted by molar-refractivity contribution is -0.123. The summed E-state index contributed by atoms with van der Waals surface area (Å²) < 4.78 is 28.1. The summed E-state index contributed by atoms with van der Waals surface area (Å²) in [6.45, 7) is 3.07. The lowest BCUT2D eigenvalue weighted by Gasteiger charge is -2.29. The second-order valence-electron chi connectivity index (χ2n) is 5.27. The van der Waals surface area contributed by atoms with E-state index < -0.39 is 15.9 Å². The van der Waals surface area contributed by atoms with Crippen LogP contribution in [0.1, 0.15) is 12.5 Å². The molecule has 0 aliphatic carbocycles. The molecule has 1 fully saturated rings. The molecule has 1 aromatic rings. The second kappa shape index (κ2) is 7.92. The van der Waals surface area contributed by atoms with E-state index >= 15 is 0 Å². The van der Waals surface area contributed by atoms with Crippen LogP contribution in [0.25, 0.3) is 0 Å². The lowest BCUT2D eigenvalue weighted by atomic mass is 10.1. The Kier molecular flexibility index (Phi) is 6.80. The van der Waals surface area contributed by atoms with Gasteiger partial charge in [0, 0.05) is 18.5 Å². The van der Waals surface area contributed by atoms with Gasteiger partial charge in [0.15, 0.2) is 9.84 Å². The summed E-state index contributed by atoms with van der Waals surface area (Å²) in [5.41, 5.74) is 1.23. The Morgan fingerprint density at radius 3 is 2.82 bits per heavy atom. The molecule has 1 aliphatic rings. The van der Waals surface area contributed by atoms with Gasteiger partial charge in [0.25, 0.3) is 0 Å². The largest absolute Gasteiger partial charge is 0.375 e. The first-order valence-corrected chi connectivity index (χ1v) is 8.84. The zero-order valence-electron chi connectivity index (χ0n) is 12.5. The Balaban J connectivity index is 0.00000242. The molecule has 2 rings (SSSR count). The van der Waals surface area contributed by atoms with Gasteiger partial charge in [-0.15, -0.1) is 12.4 Å². The van der Waals surface area contributed by atoms with Crippen LogP contribution < -0.4 is 10.6 Å². The summed E-state index contributed by atoms with van der Waals surface area (Å²) in [4.78, 5) is 12.2. The highest BCUT2D eigenvalue weighted by atomic mass is 35.5. The number of halogens is 1. The minimum absolute atomic E-state index is 0. The topological polar surface area (TPSA) is 84.5 Å². The summed E-state index contributed by atoms with van der Waals surface area (Å²) in [5.74, 6) is -0.226. The first-order valence-electron chi connectivity index (χ1n) is 6.78. The van der Waals surface area contributed by atoms with Gasteiger partial charge in [0.1, 0.15) is 6.04 Å². The molecule has 0 aromatic heterocycles. The van der Waals surface area contributed by atoms with Gasteiger partial charge in [0.05, 0.1) is 18.5 Å². The van der Waals surface area contributed by atoms with Crippen LogP contribution in [0.15, 0.2) is 24.3 Å². The summed E-state index contributed by atoms with van der Waals surface area (Å²) >= 11 is 0. The van der Waals surface area contributed by atoms with E-state index in [-0.39, 0.29) is 30.2 Å². The van der Waals surface area contributed by atoms with Crippen molar-refractivity contribution in [2.24, 2.45) is 0 Å². The van der Waals surface area contributed by atoms with E-state index in [9.17, 15) is 13.2 Å². The average molecular weight is 349 g/mol. The Hall–Kier alpha value is -1.15. The van der Waals surface area contributed by atoms with Gasteiger partial charge in [-0.2, -0.15) is 0 Å². The number of nitrogens with one attached hydrogen (secondary N) is 2. The van der Waals surface area contributed by atoms with E-state index in [0.717, 1.165) is 0 Å². The van der Waals surface area contributed by atoms with Gasteiger partial charge >= 0.3 is 0 Å². The molecule has 1 aromatic carbocycles. The number of hydrogen-bond donors (Lipinski definition) is 2. The molecule has 2 atom stereocenters. The average Bonchev–Trinajstić information content (AvgIpc) is 2.37. The fourth-order valence-electron chi connectivity index (χ4n) is 2.29. The normalized spacial score (nSPS) is 21.7. The molecule has 1 amide bonds. The third-order valence-electron chi connectivity index (χ3n) is 3.22. The number of morpholine rings is 1. The van der Waals surface area contributed by atoms with Crippen molar-refractivity contribution in [2.45, 2.75) is 24.8 Å². The standard InChI is InChI=1S/C14H20N2O4S.ClH/c1-10-13(15-6-7-20-10)14(17)16-12-5-3-4-11(8-12)9-21(2,18)19;/h3-5,8,10,13,15H,6-7,9H2,1-2H3,(H,16,17);1H/t10-,13+;/m1./s1. The van der Waals surface area contributed by atoms with Crippen LogP contribution in [0, 0.1) is 0 Å². The Labute approximate surface area is 136 Å². The van der Waals surface area contributed by atoms with Crippen molar-refractivity contribution in [3.8, 4) is 0 Å². The fourth-order valence-corrected chi connectivity index (χ4v) is 3.07. The highest BCUT2D eigenvalue weighted by molar-refractivity contribution is 7.89. The van der Waals surface area contributed by atoms with E-state index in [1.807, 2.05) is 6.92 Å². The minimum Gasteiger partial charge on any atom is -0.375 e. The molecule has 1 heterocycles. The summed E-state index contributed by atoms with van der Waals surface area (Å²) in [6, 6.07) is 6.45. The third-order valence-corrected chi connectivity index (χ3v) is 4.08. The number of carbonyl (C=O) groups excluding carboxylic acids is 1. The predicted octanol–water partition coefficient (Wildman–Crippen LogP) is 0.968. The quantitative estimate of drug-likeness (QED) is 0.847. The molecule has 2 N–H and O–H groups in total. The first kappa shape index (κ1) is 18.9. The van der Waals surface area contributed by atoms with E-state index in [0.29, 0.717) is 24.4 Å². The molecule has 124 valence electrons. The van der Waals surface area contributed by atoms with Gasteiger partial charge in [-0.1, -0.05) is 12.1 Å². The van der Waals surface area contributed by atoms with E-state index in [4.69, 9.17) is 4.74 Å². The molecule has 0 saturated carbocycles. The maximum Gasteiger partial charge on any atom is 0.244 e. The van der Waals surface area contributed by atoms with Gasteiger partial charge < -0.3 is 15.4 Å². The summed E-state index contributed by atoms with van der Waals surface area (Å²) in [7, 11) is -3.10. The first-order chi connectivity index (χ1) is 9.85. The maximum absolute atomic E-state index is 12.2. The Morgan fingerprint density at radius 1 is 1.45 bits per heavy atom. The predicted molar refractivity (Wildman–Crippen MR) is 88.1 cm³/mol. The van der Waals surface area contributed by atoms with Crippen LogP contribution >= 0.6 is 12.4 Å². The fraction of sp³-hybridized carbons (Fsp3) is 0.500. The highest BCUT2D eigenvalue weighted by Crippen LogP contribution is 2.14. The van der Waals surface area contributed by atoms with Crippen LogP contribution in [0.2, 0.25) is 0 Å². The van der Waals surface area contributed by atoms with Gasteiger partial charge in [-0.05, 0) is 24.6 Å². The molecule has 0 spiro atoms. The molecule has 1 aliphatic heterocycles. The number of carbonyl (C=O) groups is 1. The lowest BCUT2D eigenvalue weighted by Crippen LogP contribution is -2.53. The number of anilines is 1. The van der Waals surface area contributed by atoms with Crippen molar-refractivity contribution in [1.82, 2.24) is 5.32 Å². The number of amides is 1. The zero-order valence-corrected chi connectivity index (χ0v) is 14.2. The zero-order chi connectivity index (χ0) is 15.5. The Morgan fingerprint density at radius 2 is 2.18 bits per heavy atom. The van der Waals surface area contributed by atoms with Crippen molar-refractivity contribution in [3.05, 3.63) is 29.8 Å².